The maximum atomic E-state index is 5.99. The molecule has 0 radical (unpaired) electrons. The predicted molar refractivity (Wildman–Crippen MR) is 93.9 cm³/mol. The fourth-order valence-electron chi connectivity index (χ4n) is 1.87. The smallest absolute Gasteiger partial charge is 0.152 e. The molecule has 2 aromatic rings. The second-order valence-electron chi connectivity index (χ2n) is 4.29. The monoisotopic (exact) mass is 337 g/mol. The van der Waals surface area contributed by atoms with Crippen LogP contribution in [0.5, 0.6) is 0 Å². The minimum atomic E-state index is 0.375. The Kier molecular flexibility index (Phi) is 5.96. The Bertz CT molecular complexity index is 616. The van der Waals surface area contributed by atoms with Gasteiger partial charge in [0.05, 0.1) is 0 Å². The molecule has 0 aliphatic carbocycles. The first-order valence-corrected chi connectivity index (χ1v) is 8.31. The number of thiocarbonyl (C=S) groups is 1. The van der Waals surface area contributed by atoms with E-state index in [1.807, 2.05) is 36.4 Å². The Morgan fingerprint density at radius 1 is 1.19 bits per heavy atom. The van der Waals surface area contributed by atoms with Crippen molar-refractivity contribution in [2.45, 2.75) is 18.7 Å². The van der Waals surface area contributed by atoms with E-state index < -0.39 is 0 Å². The van der Waals surface area contributed by atoms with Crippen LogP contribution < -0.4 is 0 Å². The Morgan fingerprint density at radius 2 is 1.86 bits per heavy atom. The number of hydrogen-bond acceptors (Lipinski definition) is 4. The van der Waals surface area contributed by atoms with Crippen LogP contribution in [-0.2, 0) is 0 Å². The van der Waals surface area contributed by atoms with E-state index in [0.717, 1.165) is 33.6 Å². The summed E-state index contributed by atoms with van der Waals surface area (Å²) in [6.07, 6.45) is 0. The first-order valence-electron chi connectivity index (χ1n) is 6.71. The molecule has 2 rings (SSSR count). The van der Waals surface area contributed by atoms with Gasteiger partial charge in [0.2, 0.25) is 0 Å². The topological polar surface area (TPSA) is 29.0 Å². The number of thioether (sulfide) groups is 1. The predicted octanol–water partition coefficient (Wildman–Crippen LogP) is 4.52. The van der Waals surface area contributed by atoms with Crippen molar-refractivity contribution in [1.82, 2.24) is 15.1 Å². The third kappa shape index (κ3) is 4.15. The molecule has 0 saturated heterocycles. The molecular weight excluding hydrogens is 322 g/mol. The van der Waals surface area contributed by atoms with Crippen molar-refractivity contribution in [3.05, 3.63) is 41.6 Å². The van der Waals surface area contributed by atoms with Gasteiger partial charge in [0, 0.05) is 23.5 Å². The zero-order valence-electron chi connectivity index (χ0n) is 11.9. The van der Waals surface area contributed by atoms with Crippen LogP contribution >= 0.6 is 35.6 Å². The largest absolute Gasteiger partial charge is 0.358 e. The summed E-state index contributed by atoms with van der Waals surface area (Å²) in [7, 11) is 0. The van der Waals surface area contributed by atoms with Gasteiger partial charge < -0.3 is 4.90 Å². The van der Waals surface area contributed by atoms with Crippen LogP contribution in [0.3, 0.4) is 0 Å². The summed E-state index contributed by atoms with van der Waals surface area (Å²) in [5.41, 5.74) is 1.81. The van der Waals surface area contributed by atoms with E-state index in [0.29, 0.717) is 5.15 Å². The summed E-state index contributed by atoms with van der Waals surface area (Å²) >= 11 is 13.0. The quantitative estimate of drug-likeness (QED) is 0.604. The summed E-state index contributed by atoms with van der Waals surface area (Å²) < 4.78 is 0.821. The molecular formula is C15H16ClN3S2. The van der Waals surface area contributed by atoms with Crippen LogP contribution in [-0.4, -0.2) is 32.5 Å². The van der Waals surface area contributed by atoms with Gasteiger partial charge in [0.1, 0.15) is 10.0 Å². The Balaban J connectivity index is 2.34. The Labute approximate surface area is 139 Å². The Hall–Kier alpha value is -1.17. The molecule has 0 saturated carbocycles. The van der Waals surface area contributed by atoms with Gasteiger partial charge in [0.15, 0.2) is 5.15 Å². The van der Waals surface area contributed by atoms with E-state index in [4.69, 9.17) is 23.8 Å². The van der Waals surface area contributed by atoms with Gasteiger partial charge >= 0.3 is 0 Å². The number of rotatable bonds is 4. The van der Waals surface area contributed by atoms with Crippen molar-refractivity contribution in [2.75, 3.05) is 13.1 Å². The SMILES string of the molecule is CCN(CC)C(=S)Sc1cc(Cl)nnc1-c1ccccc1. The van der Waals surface area contributed by atoms with Gasteiger partial charge in [0.25, 0.3) is 0 Å². The molecule has 1 aromatic heterocycles. The molecule has 3 nitrogen and oxygen atoms in total. The van der Waals surface area contributed by atoms with Gasteiger partial charge in [-0.3, -0.25) is 0 Å². The van der Waals surface area contributed by atoms with E-state index in [1.54, 1.807) is 0 Å². The lowest BCUT2D eigenvalue weighted by Gasteiger charge is -2.21. The maximum absolute atomic E-state index is 5.99. The lowest BCUT2D eigenvalue weighted by Crippen LogP contribution is -2.26. The first kappa shape index (κ1) is 16.2. The summed E-state index contributed by atoms with van der Waals surface area (Å²) in [4.78, 5) is 3.06. The lowest BCUT2D eigenvalue weighted by atomic mass is 10.1. The summed E-state index contributed by atoms with van der Waals surface area (Å²) in [5, 5.41) is 8.56. The molecule has 0 atom stereocenters. The lowest BCUT2D eigenvalue weighted by molar-refractivity contribution is 0.482. The van der Waals surface area contributed by atoms with Gasteiger partial charge in [-0.1, -0.05) is 65.9 Å². The van der Waals surface area contributed by atoms with E-state index >= 15 is 0 Å². The maximum Gasteiger partial charge on any atom is 0.152 e. The van der Waals surface area contributed by atoms with E-state index in [9.17, 15) is 0 Å². The average Bonchev–Trinajstić information content (AvgIpc) is 2.49. The zero-order valence-corrected chi connectivity index (χ0v) is 14.3. The van der Waals surface area contributed by atoms with E-state index in [1.165, 1.54) is 11.8 Å². The normalized spacial score (nSPS) is 10.4. The highest BCUT2D eigenvalue weighted by Gasteiger charge is 2.14. The highest BCUT2D eigenvalue weighted by atomic mass is 35.5. The van der Waals surface area contributed by atoms with Crippen LogP contribution in [0, 0.1) is 0 Å². The fourth-order valence-corrected chi connectivity index (χ4v) is 3.61. The molecule has 110 valence electrons. The number of benzene rings is 1. The number of halogens is 1. The first-order chi connectivity index (χ1) is 10.2. The van der Waals surface area contributed by atoms with Crippen LogP contribution in [0.1, 0.15) is 13.8 Å². The average molecular weight is 338 g/mol. The molecule has 0 bridgehead atoms. The number of hydrogen-bond donors (Lipinski definition) is 0. The van der Waals surface area contributed by atoms with Gasteiger partial charge in [-0.2, -0.15) is 0 Å². The Morgan fingerprint density at radius 3 is 2.48 bits per heavy atom. The molecule has 21 heavy (non-hydrogen) atoms. The molecule has 0 amide bonds. The molecule has 6 heteroatoms. The van der Waals surface area contributed by atoms with Crippen molar-refractivity contribution in [3.8, 4) is 11.3 Å². The highest BCUT2D eigenvalue weighted by Crippen LogP contribution is 2.32. The minimum Gasteiger partial charge on any atom is -0.358 e. The second-order valence-corrected chi connectivity index (χ2v) is 6.35. The van der Waals surface area contributed by atoms with Gasteiger partial charge in [-0.15, -0.1) is 10.2 Å². The van der Waals surface area contributed by atoms with Crippen molar-refractivity contribution >= 4 is 39.9 Å². The van der Waals surface area contributed by atoms with E-state index in [-0.39, 0.29) is 0 Å². The number of aromatic nitrogens is 2. The van der Waals surface area contributed by atoms with Crippen LogP contribution in [0.15, 0.2) is 41.3 Å². The van der Waals surface area contributed by atoms with E-state index in [2.05, 4.69) is 28.9 Å². The van der Waals surface area contributed by atoms with Crippen LogP contribution in [0.2, 0.25) is 5.15 Å². The summed E-state index contributed by atoms with van der Waals surface area (Å²) in [5.74, 6) is 0. The minimum absolute atomic E-state index is 0.375. The molecule has 1 heterocycles. The molecule has 0 aliphatic rings. The van der Waals surface area contributed by atoms with Crippen molar-refractivity contribution < 1.29 is 0 Å². The summed E-state index contributed by atoms with van der Waals surface area (Å²) in [6.45, 7) is 5.95. The van der Waals surface area contributed by atoms with Crippen LogP contribution in [0.4, 0.5) is 0 Å². The molecule has 1 aromatic carbocycles. The van der Waals surface area contributed by atoms with Crippen molar-refractivity contribution in [3.63, 3.8) is 0 Å². The zero-order chi connectivity index (χ0) is 15.2. The second kappa shape index (κ2) is 7.73. The third-order valence-corrected chi connectivity index (χ3v) is 4.65. The molecule has 0 unspecified atom stereocenters. The van der Waals surface area contributed by atoms with Crippen molar-refractivity contribution in [2.24, 2.45) is 0 Å². The third-order valence-electron chi connectivity index (χ3n) is 3.00. The summed E-state index contributed by atoms with van der Waals surface area (Å²) in [6, 6.07) is 11.7. The fraction of sp³-hybridized carbons (Fsp3) is 0.267. The highest BCUT2D eigenvalue weighted by molar-refractivity contribution is 8.23. The van der Waals surface area contributed by atoms with Gasteiger partial charge in [-0.25, -0.2) is 0 Å². The van der Waals surface area contributed by atoms with Gasteiger partial charge in [-0.05, 0) is 19.9 Å². The molecule has 0 N–H and O–H groups in total. The van der Waals surface area contributed by atoms with Crippen molar-refractivity contribution in [1.29, 1.82) is 0 Å². The number of nitrogens with zero attached hydrogens (tertiary/aromatic N) is 3. The molecule has 0 spiro atoms. The van der Waals surface area contributed by atoms with Crippen LogP contribution in [0.25, 0.3) is 11.3 Å². The standard InChI is InChI=1S/C15H16ClN3S2/c1-3-19(4-2)15(20)21-12-10-13(16)17-18-14(12)11-8-6-5-7-9-11/h5-10H,3-4H2,1-2H3. The molecule has 0 fully saturated rings. The molecule has 0 aliphatic heterocycles.